The van der Waals surface area contributed by atoms with Crippen molar-refractivity contribution in [2.75, 3.05) is 13.1 Å². The van der Waals surface area contributed by atoms with Gasteiger partial charge in [-0.1, -0.05) is 6.92 Å². The molecule has 1 amide bonds. The van der Waals surface area contributed by atoms with Crippen molar-refractivity contribution in [3.8, 4) is 0 Å². The molecule has 1 aromatic heterocycles. The lowest BCUT2D eigenvalue weighted by atomic mass is 9.86. The zero-order valence-electron chi connectivity index (χ0n) is 14.6. The predicted molar refractivity (Wildman–Crippen MR) is 83.2 cm³/mol. The highest BCUT2D eigenvalue weighted by atomic mass is 19.4. The monoisotopic (exact) mass is 361 g/mol. The number of alkyl halides is 3. The molecule has 1 fully saturated rings. The topological polar surface area (TPSA) is 75.4 Å². The number of amides is 1. The minimum absolute atomic E-state index is 0.223. The van der Waals surface area contributed by atoms with E-state index in [1.165, 1.54) is 6.20 Å². The Balaban J connectivity index is 2.35. The van der Waals surface area contributed by atoms with Crippen molar-refractivity contribution in [3.05, 3.63) is 17.5 Å². The minimum Gasteiger partial charge on any atom is -0.481 e. The Kier molecular flexibility index (Phi) is 4.65. The lowest BCUT2D eigenvalue weighted by Gasteiger charge is -2.27. The largest absolute Gasteiger partial charge is 0.481 e. The maximum absolute atomic E-state index is 13.3. The quantitative estimate of drug-likeness (QED) is 0.898. The number of carbonyl (C=O) groups is 2. The summed E-state index contributed by atoms with van der Waals surface area (Å²) in [5, 5.41) is 13.3. The molecule has 1 saturated heterocycles. The summed E-state index contributed by atoms with van der Waals surface area (Å²) in [4.78, 5) is 24.9. The lowest BCUT2D eigenvalue weighted by Crippen LogP contribution is -2.47. The number of aromatic nitrogens is 2. The molecule has 1 aliphatic heterocycles. The number of likely N-dealkylation sites (tertiary alicyclic amines) is 1. The summed E-state index contributed by atoms with van der Waals surface area (Å²) in [7, 11) is 0. The number of hydrogen-bond donors (Lipinski definition) is 1. The van der Waals surface area contributed by atoms with Crippen molar-refractivity contribution in [3.63, 3.8) is 0 Å². The average Bonchev–Trinajstić information content (AvgIpc) is 3.10. The van der Waals surface area contributed by atoms with Crippen LogP contribution in [0.4, 0.5) is 13.2 Å². The van der Waals surface area contributed by atoms with Crippen LogP contribution in [0.1, 0.15) is 50.2 Å². The molecule has 0 spiro atoms. The standard InChI is InChI=1S/C16H22F3N3O3/c1-5-11-10(8-20-22(11)14(2,3)4)12(23)21-7-6-15(9-21,13(24)25)16(17,18)19/h8H,5-7,9H2,1-4H3,(H,24,25). The minimum atomic E-state index is -4.92. The lowest BCUT2D eigenvalue weighted by molar-refractivity contribution is -0.227. The molecule has 9 heteroatoms. The number of hydrogen-bond acceptors (Lipinski definition) is 3. The van der Waals surface area contributed by atoms with Gasteiger partial charge in [0.25, 0.3) is 5.91 Å². The maximum atomic E-state index is 13.3. The molecule has 0 radical (unpaired) electrons. The van der Waals surface area contributed by atoms with Crippen molar-refractivity contribution < 1.29 is 27.9 Å². The van der Waals surface area contributed by atoms with Gasteiger partial charge in [-0.3, -0.25) is 14.3 Å². The van der Waals surface area contributed by atoms with Crippen LogP contribution in [0.2, 0.25) is 0 Å². The van der Waals surface area contributed by atoms with Crippen molar-refractivity contribution in [2.24, 2.45) is 5.41 Å². The Morgan fingerprint density at radius 2 is 1.92 bits per heavy atom. The van der Waals surface area contributed by atoms with E-state index >= 15 is 0 Å². The highest BCUT2D eigenvalue weighted by molar-refractivity contribution is 5.96. The fourth-order valence-electron chi connectivity index (χ4n) is 3.15. The average molecular weight is 361 g/mol. The van der Waals surface area contributed by atoms with E-state index in [1.807, 2.05) is 27.7 Å². The Hall–Kier alpha value is -2.06. The number of carboxylic acid groups (broad SMARTS) is 1. The van der Waals surface area contributed by atoms with E-state index in [1.54, 1.807) is 4.68 Å². The van der Waals surface area contributed by atoms with Crippen LogP contribution in [-0.4, -0.2) is 50.9 Å². The molecule has 2 rings (SSSR count). The van der Waals surface area contributed by atoms with Gasteiger partial charge in [0.1, 0.15) is 0 Å². The van der Waals surface area contributed by atoms with Gasteiger partial charge in [0.2, 0.25) is 0 Å². The summed E-state index contributed by atoms with van der Waals surface area (Å²) in [6.07, 6.45) is -3.74. The SMILES string of the molecule is CCc1c(C(=O)N2CCC(C(=O)O)(C(F)(F)F)C2)cnn1C(C)(C)C. The number of rotatable bonds is 3. The van der Waals surface area contributed by atoms with Crippen molar-refractivity contribution in [1.82, 2.24) is 14.7 Å². The number of nitrogens with zero attached hydrogens (tertiary/aromatic N) is 3. The highest BCUT2D eigenvalue weighted by Crippen LogP contribution is 2.46. The van der Waals surface area contributed by atoms with Gasteiger partial charge in [0.15, 0.2) is 5.41 Å². The number of carbonyl (C=O) groups excluding carboxylic acids is 1. The first kappa shape index (κ1) is 19.3. The summed E-state index contributed by atoms with van der Waals surface area (Å²) < 4.78 is 41.5. The normalized spacial score (nSPS) is 21.6. The van der Waals surface area contributed by atoms with E-state index in [0.717, 1.165) is 4.90 Å². The molecule has 1 N–H and O–H groups in total. The van der Waals surface area contributed by atoms with E-state index in [-0.39, 0.29) is 17.6 Å². The second kappa shape index (κ2) is 6.03. The van der Waals surface area contributed by atoms with Crippen molar-refractivity contribution in [2.45, 2.75) is 52.3 Å². The fourth-order valence-corrected chi connectivity index (χ4v) is 3.15. The highest BCUT2D eigenvalue weighted by Gasteiger charge is 2.64. The molecular weight excluding hydrogens is 339 g/mol. The first-order valence-corrected chi connectivity index (χ1v) is 8.02. The number of aliphatic carboxylic acids is 1. The summed E-state index contributed by atoms with van der Waals surface area (Å²) >= 11 is 0. The molecule has 0 aromatic carbocycles. The first-order valence-electron chi connectivity index (χ1n) is 8.02. The van der Waals surface area contributed by atoms with E-state index in [2.05, 4.69) is 5.10 Å². The zero-order valence-corrected chi connectivity index (χ0v) is 14.6. The Morgan fingerprint density at radius 1 is 1.32 bits per heavy atom. The zero-order chi connectivity index (χ0) is 19.2. The Labute approximate surface area is 143 Å². The molecule has 1 atom stereocenters. The van der Waals surface area contributed by atoms with Gasteiger partial charge < -0.3 is 10.0 Å². The fraction of sp³-hybridized carbons (Fsp3) is 0.688. The third kappa shape index (κ3) is 3.11. The van der Waals surface area contributed by atoms with Crippen LogP contribution in [0.15, 0.2) is 6.20 Å². The molecule has 1 aliphatic rings. The van der Waals surface area contributed by atoms with Crippen LogP contribution in [-0.2, 0) is 16.8 Å². The van der Waals surface area contributed by atoms with Gasteiger partial charge in [-0.05, 0) is 33.6 Å². The van der Waals surface area contributed by atoms with E-state index in [9.17, 15) is 22.8 Å². The van der Waals surface area contributed by atoms with Gasteiger partial charge in [-0.25, -0.2) is 0 Å². The van der Waals surface area contributed by atoms with Gasteiger partial charge in [0, 0.05) is 13.1 Å². The third-order valence-electron chi connectivity index (χ3n) is 4.58. The molecule has 1 unspecified atom stereocenters. The van der Waals surface area contributed by atoms with Gasteiger partial charge in [-0.2, -0.15) is 18.3 Å². The summed E-state index contributed by atoms with van der Waals surface area (Å²) in [5.41, 5.74) is -2.45. The van der Waals surface area contributed by atoms with Crippen LogP contribution < -0.4 is 0 Å². The van der Waals surface area contributed by atoms with Crippen molar-refractivity contribution in [1.29, 1.82) is 0 Å². The summed E-state index contributed by atoms with van der Waals surface area (Å²) in [6, 6.07) is 0. The van der Waals surface area contributed by atoms with Crippen LogP contribution in [0.3, 0.4) is 0 Å². The Bertz CT molecular complexity index is 691. The summed E-state index contributed by atoms with van der Waals surface area (Å²) in [5.74, 6) is -2.56. The molecule has 25 heavy (non-hydrogen) atoms. The van der Waals surface area contributed by atoms with Gasteiger partial charge >= 0.3 is 12.1 Å². The smallest absolute Gasteiger partial charge is 0.406 e. The number of halogens is 3. The van der Waals surface area contributed by atoms with Crippen LogP contribution >= 0.6 is 0 Å². The molecule has 6 nitrogen and oxygen atoms in total. The molecule has 0 bridgehead atoms. The van der Waals surface area contributed by atoms with E-state index in [4.69, 9.17) is 5.11 Å². The molecule has 0 saturated carbocycles. The Morgan fingerprint density at radius 3 is 2.32 bits per heavy atom. The van der Waals surface area contributed by atoms with Gasteiger partial charge in [-0.15, -0.1) is 0 Å². The van der Waals surface area contributed by atoms with Gasteiger partial charge in [0.05, 0.1) is 23.0 Å². The first-order chi connectivity index (χ1) is 11.3. The van der Waals surface area contributed by atoms with E-state index in [0.29, 0.717) is 12.1 Å². The van der Waals surface area contributed by atoms with Crippen LogP contribution in [0.5, 0.6) is 0 Å². The van der Waals surface area contributed by atoms with Crippen LogP contribution in [0.25, 0.3) is 0 Å². The molecule has 140 valence electrons. The van der Waals surface area contributed by atoms with Crippen LogP contribution in [0, 0.1) is 5.41 Å². The molecule has 0 aliphatic carbocycles. The molecular formula is C16H22F3N3O3. The predicted octanol–water partition coefficient (Wildman–Crippen LogP) is 2.68. The molecule has 1 aromatic rings. The maximum Gasteiger partial charge on any atom is 0.406 e. The molecule has 2 heterocycles. The van der Waals surface area contributed by atoms with Crippen molar-refractivity contribution >= 4 is 11.9 Å². The second-order valence-electron chi connectivity index (χ2n) is 7.30. The second-order valence-corrected chi connectivity index (χ2v) is 7.30. The number of carboxylic acids is 1. The summed E-state index contributed by atoms with van der Waals surface area (Å²) in [6.45, 7) is 6.41. The van der Waals surface area contributed by atoms with E-state index < -0.39 is 36.4 Å². The third-order valence-corrected chi connectivity index (χ3v) is 4.58.